The summed E-state index contributed by atoms with van der Waals surface area (Å²) in [6.45, 7) is 3.97. The monoisotopic (exact) mass is 384 g/mol. The third-order valence-electron chi connectivity index (χ3n) is 4.84. The van der Waals surface area contributed by atoms with E-state index in [1.807, 2.05) is 24.3 Å². The molecule has 8 heteroatoms. The number of nitro groups is 1. The predicted molar refractivity (Wildman–Crippen MR) is 108 cm³/mol. The molecule has 0 unspecified atom stereocenters. The average Bonchev–Trinajstić information content (AvgIpc) is 2.71. The summed E-state index contributed by atoms with van der Waals surface area (Å²) >= 11 is 0. The first-order chi connectivity index (χ1) is 13.4. The van der Waals surface area contributed by atoms with Crippen molar-refractivity contribution in [1.29, 1.82) is 0 Å². The maximum Gasteiger partial charge on any atom is 0.293 e. The van der Waals surface area contributed by atoms with Gasteiger partial charge >= 0.3 is 0 Å². The molecule has 0 aliphatic carbocycles. The van der Waals surface area contributed by atoms with Gasteiger partial charge in [0.05, 0.1) is 23.7 Å². The summed E-state index contributed by atoms with van der Waals surface area (Å²) in [5.41, 5.74) is 1.57. The Balaban J connectivity index is 1.75. The number of carbonyl (C=O) groups is 1. The van der Waals surface area contributed by atoms with Gasteiger partial charge in [-0.05, 0) is 31.2 Å². The quantitative estimate of drug-likeness (QED) is 0.608. The van der Waals surface area contributed by atoms with Crippen LogP contribution in [0, 0.1) is 10.1 Å². The van der Waals surface area contributed by atoms with Crippen molar-refractivity contribution >= 4 is 23.0 Å². The lowest BCUT2D eigenvalue weighted by Gasteiger charge is -2.37. The molecule has 1 aliphatic rings. The number of nitro benzene ring substituents is 1. The van der Waals surface area contributed by atoms with Crippen molar-refractivity contribution in [3.05, 3.63) is 58.1 Å². The molecule has 1 N–H and O–H groups in total. The number of hydrogen-bond acceptors (Lipinski definition) is 6. The van der Waals surface area contributed by atoms with Gasteiger partial charge in [0.1, 0.15) is 17.5 Å². The number of rotatable bonds is 6. The van der Waals surface area contributed by atoms with Gasteiger partial charge in [-0.2, -0.15) is 0 Å². The molecule has 2 aromatic rings. The lowest BCUT2D eigenvalue weighted by molar-refractivity contribution is -0.384. The number of carbonyl (C=O) groups excluding carboxylic acids is 1. The minimum atomic E-state index is -0.497. The molecule has 28 heavy (non-hydrogen) atoms. The zero-order valence-corrected chi connectivity index (χ0v) is 16.2. The van der Waals surface area contributed by atoms with Gasteiger partial charge in [-0.1, -0.05) is 12.1 Å². The van der Waals surface area contributed by atoms with E-state index in [9.17, 15) is 14.9 Å². The largest absolute Gasteiger partial charge is 0.485 e. The highest BCUT2D eigenvalue weighted by Crippen LogP contribution is 2.33. The average molecular weight is 384 g/mol. The number of fused-ring (bicyclic) bond motifs is 1. The second kappa shape index (κ2) is 8.16. The number of anilines is 2. The number of hydrogen-bond donors (Lipinski definition) is 1. The standard InChI is InChI=1S/C20H24N4O4/c1-4-23-13-15(28-19-8-6-5-7-17(19)23)12-22(3)20(25)14-9-10-16(21-2)18(11-14)24(26)27/h5-11,15,21H,4,12-13H2,1-3H3/t15-/m1/s1. The van der Waals surface area contributed by atoms with Gasteiger partial charge in [0.25, 0.3) is 11.6 Å². The normalized spacial score (nSPS) is 15.4. The highest BCUT2D eigenvalue weighted by molar-refractivity contribution is 5.95. The molecule has 0 spiro atoms. The summed E-state index contributed by atoms with van der Waals surface area (Å²) in [4.78, 5) is 27.3. The lowest BCUT2D eigenvalue weighted by atomic mass is 10.1. The van der Waals surface area contributed by atoms with Gasteiger partial charge in [0.2, 0.25) is 0 Å². The maximum atomic E-state index is 12.8. The van der Waals surface area contributed by atoms with Crippen LogP contribution in [0.3, 0.4) is 0 Å². The molecule has 1 heterocycles. The van der Waals surface area contributed by atoms with Crippen molar-refractivity contribution < 1.29 is 14.5 Å². The van der Waals surface area contributed by atoms with E-state index in [1.165, 1.54) is 6.07 Å². The van der Waals surface area contributed by atoms with E-state index in [0.717, 1.165) is 18.0 Å². The highest BCUT2D eigenvalue weighted by atomic mass is 16.6. The van der Waals surface area contributed by atoms with E-state index < -0.39 is 4.92 Å². The molecule has 2 aromatic carbocycles. The Labute approximate surface area is 163 Å². The fourth-order valence-electron chi connectivity index (χ4n) is 3.41. The zero-order chi connectivity index (χ0) is 20.3. The summed E-state index contributed by atoms with van der Waals surface area (Å²) in [6.07, 6.45) is -0.185. The first kappa shape index (κ1) is 19.5. The fraction of sp³-hybridized carbons (Fsp3) is 0.350. The minimum absolute atomic E-state index is 0.123. The molecule has 3 rings (SSSR count). The number of likely N-dealkylation sites (N-methyl/N-ethyl adjacent to an activating group) is 2. The summed E-state index contributed by atoms with van der Waals surface area (Å²) < 4.78 is 6.07. The second-order valence-corrected chi connectivity index (χ2v) is 6.67. The molecule has 1 amide bonds. The van der Waals surface area contributed by atoms with Crippen molar-refractivity contribution in [2.24, 2.45) is 0 Å². The number of para-hydroxylation sites is 2. The van der Waals surface area contributed by atoms with E-state index in [-0.39, 0.29) is 23.3 Å². The van der Waals surface area contributed by atoms with Crippen molar-refractivity contribution in [2.75, 3.05) is 43.9 Å². The van der Waals surface area contributed by atoms with E-state index in [2.05, 4.69) is 17.1 Å². The Hall–Kier alpha value is -3.29. The molecular formula is C20H24N4O4. The van der Waals surface area contributed by atoms with Crippen LogP contribution in [0.4, 0.5) is 17.1 Å². The van der Waals surface area contributed by atoms with Crippen LogP contribution < -0.4 is 15.0 Å². The Morgan fingerprint density at radius 2 is 2.11 bits per heavy atom. The molecule has 1 atom stereocenters. The number of benzene rings is 2. The van der Waals surface area contributed by atoms with Crippen molar-refractivity contribution in [3.63, 3.8) is 0 Å². The molecule has 0 radical (unpaired) electrons. The molecular weight excluding hydrogens is 360 g/mol. The van der Waals surface area contributed by atoms with Crippen LogP contribution in [0.25, 0.3) is 0 Å². The molecule has 0 fully saturated rings. The molecule has 0 bridgehead atoms. The summed E-state index contributed by atoms with van der Waals surface area (Å²) in [5.74, 6) is 0.520. The smallest absolute Gasteiger partial charge is 0.293 e. The SMILES string of the molecule is CCN1C[C@@H](CN(C)C(=O)c2ccc(NC)c([N+](=O)[O-])c2)Oc2ccccc21. The van der Waals surface area contributed by atoms with Crippen LogP contribution in [-0.4, -0.2) is 55.6 Å². The van der Waals surface area contributed by atoms with Crippen molar-refractivity contribution in [1.82, 2.24) is 4.90 Å². The van der Waals surface area contributed by atoms with Gasteiger partial charge in [-0.25, -0.2) is 0 Å². The Morgan fingerprint density at radius 1 is 1.36 bits per heavy atom. The van der Waals surface area contributed by atoms with Crippen LogP contribution in [0.2, 0.25) is 0 Å². The van der Waals surface area contributed by atoms with E-state index >= 15 is 0 Å². The third kappa shape index (κ3) is 3.85. The Morgan fingerprint density at radius 3 is 2.79 bits per heavy atom. The topological polar surface area (TPSA) is 88.0 Å². The Kier molecular flexibility index (Phi) is 5.67. The fourth-order valence-corrected chi connectivity index (χ4v) is 3.41. The van der Waals surface area contributed by atoms with Crippen LogP contribution >= 0.6 is 0 Å². The molecule has 148 valence electrons. The number of ether oxygens (including phenoxy) is 1. The second-order valence-electron chi connectivity index (χ2n) is 6.67. The molecule has 0 saturated heterocycles. The molecule has 8 nitrogen and oxygen atoms in total. The van der Waals surface area contributed by atoms with Gasteiger partial charge in [-0.15, -0.1) is 0 Å². The van der Waals surface area contributed by atoms with Gasteiger partial charge in [0, 0.05) is 32.3 Å². The zero-order valence-electron chi connectivity index (χ0n) is 16.2. The third-order valence-corrected chi connectivity index (χ3v) is 4.84. The predicted octanol–water partition coefficient (Wildman–Crippen LogP) is 3.00. The molecule has 0 saturated carbocycles. The molecule has 0 aromatic heterocycles. The highest BCUT2D eigenvalue weighted by Gasteiger charge is 2.27. The maximum absolute atomic E-state index is 12.8. The van der Waals surface area contributed by atoms with E-state index in [4.69, 9.17) is 4.74 Å². The van der Waals surface area contributed by atoms with Crippen LogP contribution in [0.5, 0.6) is 5.75 Å². The number of amides is 1. The van der Waals surface area contributed by atoms with Crippen LogP contribution in [0.15, 0.2) is 42.5 Å². The van der Waals surface area contributed by atoms with Crippen LogP contribution in [-0.2, 0) is 0 Å². The summed E-state index contributed by atoms with van der Waals surface area (Å²) in [6, 6.07) is 12.3. The van der Waals surface area contributed by atoms with Crippen molar-refractivity contribution in [2.45, 2.75) is 13.0 Å². The first-order valence-corrected chi connectivity index (χ1v) is 9.16. The summed E-state index contributed by atoms with van der Waals surface area (Å²) in [5, 5.41) is 14.0. The van der Waals surface area contributed by atoms with Gasteiger partial charge < -0.3 is 19.9 Å². The van der Waals surface area contributed by atoms with Crippen molar-refractivity contribution in [3.8, 4) is 5.75 Å². The Bertz CT molecular complexity index is 886. The minimum Gasteiger partial charge on any atom is -0.485 e. The van der Waals surface area contributed by atoms with Gasteiger partial charge in [0.15, 0.2) is 0 Å². The summed E-state index contributed by atoms with van der Waals surface area (Å²) in [7, 11) is 3.29. The first-order valence-electron chi connectivity index (χ1n) is 9.16. The molecule has 1 aliphatic heterocycles. The number of nitrogens with zero attached hydrogens (tertiary/aromatic N) is 3. The van der Waals surface area contributed by atoms with E-state index in [0.29, 0.717) is 18.8 Å². The van der Waals surface area contributed by atoms with Crippen LogP contribution in [0.1, 0.15) is 17.3 Å². The van der Waals surface area contributed by atoms with E-state index in [1.54, 1.807) is 31.1 Å². The number of nitrogens with one attached hydrogen (secondary N) is 1. The lowest BCUT2D eigenvalue weighted by Crippen LogP contribution is -2.46. The van der Waals surface area contributed by atoms with Gasteiger partial charge in [-0.3, -0.25) is 14.9 Å².